The first-order chi connectivity index (χ1) is 9.72. The molecule has 0 saturated carbocycles. The summed E-state index contributed by atoms with van der Waals surface area (Å²) in [5, 5.41) is 3.41. The van der Waals surface area contributed by atoms with Crippen LogP contribution in [-0.2, 0) is 12.8 Å². The van der Waals surface area contributed by atoms with Gasteiger partial charge in [0.2, 0.25) is 0 Å². The Morgan fingerprint density at radius 1 is 1.00 bits per heavy atom. The molecule has 20 heavy (non-hydrogen) atoms. The van der Waals surface area contributed by atoms with Crippen molar-refractivity contribution in [3.8, 4) is 5.75 Å². The number of likely N-dealkylation sites (N-methyl/N-ethyl adjacent to an activating group) is 1. The van der Waals surface area contributed by atoms with E-state index >= 15 is 0 Å². The van der Waals surface area contributed by atoms with Crippen LogP contribution >= 0.6 is 0 Å². The van der Waals surface area contributed by atoms with E-state index in [0.29, 0.717) is 6.04 Å². The summed E-state index contributed by atoms with van der Waals surface area (Å²) in [6.45, 7) is 2.12. The first-order valence-corrected chi connectivity index (χ1v) is 7.07. The van der Waals surface area contributed by atoms with Crippen LogP contribution in [-0.4, -0.2) is 20.2 Å². The molecule has 0 spiro atoms. The van der Waals surface area contributed by atoms with E-state index in [9.17, 15) is 0 Å². The Morgan fingerprint density at radius 3 is 2.35 bits per heavy atom. The average Bonchev–Trinajstić information content (AvgIpc) is 2.49. The molecule has 2 aromatic rings. The number of aryl methyl sites for hydroxylation is 1. The van der Waals surface area contributed by atoms with E-state index in [0.717, 1.165) is 18.6 Å². The third kappa shape index (κ3) is 3.84. The monoisotopic (exact) mass is 269 g/mol. The maximum absolute atomic E-state index is 5.43. The molecule has 0 heterocycles. The minimum Gasteiger partial charge on any atom is -0.496 e. The standard InChI is InChI=1S/C18H23NO/c1-14-8-10-15(11-9-14)12-17(19-2)13-16-6-4-5-7-18(16)20-3/h4-11,17,19H,12-13H2,1-3H3. The van der Waals surface area contributed by atoms with Crippen molar-refractivity contribution in [3.63, 3.8) is 0 Å². The quantitative estimate of drug-likeness (QED) is 0.868. The second kappa shape index (κ2) is 7.11. The van der Waals surface area contributed by atoms with Crippen LogP contribution in [0.2, 0.25) is 0 Å². The second-order valence-electron chi connectivity index (χ2n) is 5.19. The smallest absolute Gasteiger partial charge is 0.122 e. The van der Waals surface area contributed by atoms with Gasteiger partial charge in [0.1, 0.15) is 5.75 Å². The fraction of sp³-hybridized carbons (Fsp3) is 0.333. The van der Waals surface area contributed by atoms with Gasteiger partial charge in [-0.15, -0.1) is 0 Å². The van der Waals surface area contributed by atoms with Gasteiger partial charge in [0.25, 0.3) is 0 Å². The summed E-state index contributed by atoms with van der Waals surface area (Å²) in [5.74, 6) is 0.969. The van der Waals surface area contributed by atoms with Crippen LogP contribution in [0.25, 0.3) is 0 Å². The summed E-state index contributed by atoms with van der Waals surface area (Å²) in [5.41, 5.74) is 3.92. The highest BCUT2D eigenvalue weighted by atomic mass is 16.5. The van der Waals surface area contributed by atoms with Gasteiger partial charge in [-0.3, -0.25) is 0 Å². The molecule has 0 amide bonds. The van der Waals surface area contributed by atoms with Crippen molar-refractivity contribution >= 4 is 0 Å². The molecule has 0 aliphatic rings. The van der Waals surface area contributed by atoms with Gasteiger partial charge in [-0.2, -0.15) is 0 Å². The van der Waals surface area contributed by atoms with E-state index in [1.807, 2.05) is 19.2 Å². The number of para-hydroxylation sites is 1. The van der Waals surface area contributed by atoms with Gasteiger partial charge in [-0.05, 0) is 44.0 Å². The summed E-state index contributed by atoms with van der Waals surface area (Å²) in [7, 11) is 3.75. The lowest BCUT2D eigenvalue weighted by Gasteiger charge is -2.18. The van der Waals surface area contributed by atoms with Crippen molar-refractivity contribution in [1.29, 1.82) is 0 Å². The third-order valence-electron chi connectivity index (χ3n) is 3.67. The van der Waals surface area contributed by atoms with Crippen LogP contribution in [0, 0.1) is 6.92 Å². The van der Waals surface area contributed by atoms with Gasteiger partial charge < -0.3 is 10.1 Å². The molecule has 2 nitrogen and oxygen atoms in total. The van der Waals surface area contributed by atoms with Crippen molar-refractivity contribution in [2.24, 2.45) is 0 Å². The molecule has 0 aliphatic carbocycles. The fourth-order valence-electron chi connectivity index (χ4n) is 2.42. The van der Waals surface area contributed by atoms with Gasteiger partial charge in [-0.25, -0.2) is 0 Å². The largest absolute Gasteiger partial charge is 0.496 e. The molecule has 1 unspecified atom stereocenters. The molecular weight excluding hydrogens is 246 g/mol. The van der Waals surface area contributed by atoms with E-state index in [2.05, 4.69) is 48.6 Å². The Kier molecular flexibility index (Phi) is 5.19. The molecule has 0 aliphatic heterocycles. The first-order valence-electron chi connectivity index (χ1n) is 7.07. The molecule has 2 heteroatoms. The molecule has 0 aromatic heterocycles. The van der Waals surface area contributed by atoms with Gasteiger partial charge in [0, 0.05) is 6.04 Å². The summed E-state index contributed by atoms with van der Waals surface area (Å²) < 4.78 is 5.43. The number of rotatable bonds is 6. The van der Waals surface area contributed by atoms with Gasteiger partial charge in [-0.1, -0.05) is 48.0 Å². The minimum absolute atomic E-state index is 0.411. The predicted molar refractivity (Wildman–Crippen MR) is 84.4 cm³/mol. The van der Waals surface area contributed by atoms with Crippen LogP contribution in [0.1, 0.15) is 16.7 Å². The van der Waals surface area contributed by atoms with E-state index in [1.165, 1.54) is 16.7 Å². The summed E-state index contributed by atoms with van der Waals surface area (Å²) in [6.07, 6.45) is 1.99. The fourth-order valence-corrected chi connectivity index (χ4v) is 2.42. The zero-order valence-corrected chi connectivity index (χ0v) is 12.5. The Labute approximate surface area is 121 Å². The number of nitrogens with one attached hydrogen (secondary N) is 1. The SMILES string of the molecule is CNC(Cc1ccc(C)cc1)Cc1ccccc1OC. The van der Waals surface area contributed by atoms with Crippen molar-refractivity contribution in [1.82, 2.24) is 5.32 Å². The van der Waals surface area contributed by atoms with Gasteiger partial charge >= 0.3 is 0 Å². The molecule has 0 fully saturated rings. The highest BCUT2D eigenvalue weighted by Crippen LogP contribution is 2.20. The molecule has 0 saturated heterocycles. The summed E-state index contributed by atoms with van der Waals surface area (Å²) >= 11 is 0. The van der Waals surface area contributed by atoms with Crippen LogP contribution < -0.4 is 10.1 Å². The number of methoxy groups -OCH3 is 1. The lowest BCUT2D eigenvalue weighted by molar-refractivity contribution is 0.406. The Balaban J connectivity index is 2.07. The zero-order valence-electron chi connectivity index (χ0n) is 12.5. The molecule has 0 radical (unpaired) electrons. The van der Waals surface area contributed by atoms with E-state index in [4.69, 9.17) is 4.74 Å². The van der Waals surface area contributed by atoms with Crippen LogP contribution in [0.5, 0.6) is 5.75 Å². The van der Waals surface area contributed by atoms with Crippen LogP contribution in [0.4, 0.5) is 0 Å². The molecule has 1 atom stereocenters. The lowest BCUT2D eigenvalue weighted by Crippen LogP contribution is -2.30. The minimum atomic E-state index is 0.411. The molecule has 2 rings (SSSR count). The summed E-state index contributed by atoms with van der Waals surface area (Å²) in [4.78, 5) is 0. The maximum Gasteiger partial charge on any atom is 0.122 e. The van der Waals surface area contributed by atoms with E-state index in [1.54, 1.807) is 7.11 Å². The highest BCUT2D eigenvalue weighted by molar-refractivity contribution is 5.34. The lowest BCUT2D eigenvalue weighted by atomic mass is 9.98. The average molecular weight is 269 g/mol. The van der Waals surface area contributed by atoms with E-state index < -0.39 is 0 Å². The predicted octanol–water partition coefficient (Wildman–Crippen LogP) is 3.38. The van der Waals surface area contributed by atoms with Crippen molar-refractivity contribution < 1.29 is 4.74 Å². The normalized spacial score (nSPS) is 12.2. The molecule has 2 aromatic carbocycles. The zero-order chi connectivity index (χ0) is 14.4. The van der Waals surface area contributed by atoms with Crippen LogP contribution in [0.3, 0.4) is 0 Å². The molecular formula is C18H23NO. The number of benzene rings is 2. The number of ether oxygens (including phenoxy) is 1. The first kappa shape index (κ1) is 14.6. The molecule has 1 N–H and O–H groups in total. The Hall–Kier alpha value is -1.80. The highest BCUT2D eigenvalue weighted by Gasteiger charge is 2.11. The van der Waals surface area contributed by atoms with Crippen molar-refractivity contribution in [2.45, 2.75) is 25.8 Å². The Morgan fingerprint density at radius 2 is 1.70 bits per heavy atom. The second-order valence-corrected chi connectivity index (χ2v) is 5.19. The van der Waals surface area contributed by atoms with Gasteiger partial charge in [0.05, 0.1) is 7.11 Å². The third-order valence-corrected chi connectivity index (χ3v) is 3.67. The molecule has 106 valence electrons. The molecule has 0 bridgehead atoms. The number of hydrogen-bond acceptors (Lipinski definition) is 2. The van der Waals surface area contributed by atoms with Crippen molar-refractivity contribution in [3.05, 3.63) is 65.2 Å². The van der Waals surface area contributed by atoms with E-state index in [-0.39, 0.29) is 0 Å². The number of hydrogen-bond donors (Lipinski definition) is 1. The van der Waals surface area contributed by atoms with Crippen LogP contribution in [0.15, 0.2) is 48.5 Å². The summed E-state index contributed by atoms with van der Waals surface area (Å²) in [6, 6.07) is 17.4. The maximum atomic E-state index is 5.43. The van der Waals surface area contributed by atoms with Gasteiger partial charge in [0.15, 0.2) is 0 Å². The topological polar surface area (TPSA) is 21.3 Å². The van der Waals surface area contributed by atoms with Crippen molar-refractivity contribution in [2.75, 3.05) is 14.2 Å². The Bertz CT molecular complexity index is 533.